The number of nitrogens with zero attached hydrogens (tertiary/aromatic N) is 4. The summed E-state index contributed by atoms with van der Waals surface area (Å²) in [5.41, 5.74) is 8.81. The molecule has 6 rings (SSSR count). The minimum Gasteiger partial charge on any atom is -0.374 e. The molecule has 0 saturated carbocycles. The van der Waals surface area contributed by atoms with E-state index in [0.717, 1.165) is 28.6 Å². The monoisotopic (exact) mass is 542 g/mol. The van der Waals surface area contributed by atoms with Gasteiger partial charge in [0.25, 0.3) is 0 Å². The fourth-order valence-corrected chi connectivity index (χ4v) is 5.88. The number of hydrogen-bond acceptors (Lipinski definition) is 5. The molecule has 0 radical (unpaired) electrons. The van der Waals surface area contributed by atoms with Crippen LogP contribution >= 0.6 is 8.19 Å². The zero-order valence-electron chi connectivity index (χ0n) is 23.9. The fourth-order valence-electron chi connectivity index (χ4n) is 4.70. The molecule has 0 unspecified atom stereocenters. The summed E-state index contributed by atoms with van der Waals surface area (Å²) < 4.78 is 5.65. The number of aromatic nitrogens is 6. The van der Waals surface area contributed by atoms with Gasteiger partial charge in [0.2, 0.25) is 5.82 Å². The molecule has 3 heterocycles. The van der Waals surface area contributed by atoms with E-state index in [1.54, 1.807) is 0 Å². The van der Waals surface area contributed by atoms with Gasteiger partial charge in [0.15, 0.2) is 0 Å². The van der Waals surface area contributed by atoms with Gasteiger partial charge in [-0.1, -0.05) is 63.2 Å². The molecule has 3 aromatic heterocycles. The second kappa shape index (κ2) is 13.6. The topological polar surface area (TPSA) is 92.4 Å². The second-order valence-electron chi connectivity index (χ2n) is 9.64. The Balaban J connectivity index is 0.000000173. The normalized spacial score (nSPS) is 12.3. The number of fused-ring (bicyclic) bond motifs is 2. The van der Waals surface area contributed by atoms with Crippen LogP contribution in [-0.2, 0) is 30.6 Å². The Morgan fingerprint density at radius 1 is 1.00 bits per heavy atom. The molecule has 0 saturated heterocycles. The summed E-state index contributed by atoms with van der Waals surface area (Å²) >= 11 is 0. The molecule has 0 bridgehead atoms. The van der Waals surface area contributed by atoms with Crippen molar-refractivity contribution in [3.8, 4) is 22.5 Å². The predicted octanol–water partition coefficient (Wildman–Crippen LogP) is 7.99. The van der Waals surface area contributed by atoms with Crippen molar-refractivity contribution in [2.45, 2.75) is 79.9 Å². The van der Waals surface area contributed by atoms with Crippen molar-refractivity contribution < 1.29 is 4.74 Å². The lowest BCUT2D eigenvalue weighted by Crippen LogP contribution is -2.01. The summed E-state index contributed by atoms with van der Waals surface area (Å²) in [7, 11) is 1.18. The number of rotatable bonds is 6. The van der Waals surface area contributed by atoms with Gasteiger partial charge in [-0.3, -0.25) is 0 Å². The molecular weight excluding hydrogens is 503 g/mol. The van der Waals surface area contributed by atoms with Crippen LogP contribution in [0.4, 0.5) is 0 Å². The minimum atomic E-state index is 0.276. The van der Waals surface area contributed by atoms with Crippen molar-refractivity contribution in [2.75, 3.05) is 0 Å². The molecule has 1 aliphatic rings. The smallest absolute Gasteiger partial charge is 0.205 e. The van der Waals surface area contributed by atoms with E-state index in [9.17, 15) is 0 Å². The summed E-state index contributed by atoms with van der Waals surface area (Å²) in [6.45, 7) is 13.1. The van der Waals surface area contributed by atoms with Gasteiger partial charge in [0, 0.05) is 17.3 Å². The van der Waals surface area contributed by atoms with Crippen molar-refractivity contribution in [1.29, 1.82) is 0 Å². The Labute approximate surface area is 232 Å². The highest BCUT2D eigenvalue weighted by Gasteiger charge is 2.15. The molecule has 0 atom stereocenters. The first-order valence-electron chi connectivity index (χ1n) is 13.9. The van der Waals surface area contributed by atoms with Crippen molar-refractivity contribution in [3.05, 3.63) is 76.3 Å². The lowest BCUT2D eigenvalue weighted by molar-refractivity contribution is 0.0674. The third-order valence-corrected chi connectivity index (χ3v) is 7.66. The molecule has 2 N–H and O–H groups in total. The third kappa shape index (κ3) is 6.97. The third-order valence-electron chi connectivity index (χ3n) is 6.58. The minimum absolute atomic E-state index is 0.276. The maximum Gasteiger partial charge on any atom is 0.205 e. The average molecular weight is 543 g/mol. The molecule has 0 aliphatic heterocycles. The van der Waals surface area contributed by atoms with Crippen molar-refractivity contribution in [3.63, 3.8) is 0 Å². The number of ether oxygens (including phenoxy) is 1. The zero-order chi connectivity index (χ0) is 27.8. The number of nitrogens with one attached hydrogen (secondary N) is 2. The van der Waals surface area contributed by atoms with Crippen LogP contribution < -0.4 is 0 Å². The van der Waals surface area contributed by atoms with Crippen LogP contribution in [0.2, 0.25) is 0 Å². The van der Waals surface area contributed by atoms with E-state index in [2.05, 4.69) is 88.6 Å². The van der Waals surface area contributed by atoms with Crippen molar-refractivity contribution in [1.82, 2.24) is 30.6 Å². The van der Waals surface area contributed by atoms with Crippen LogP contribution in [0.5, 0.6) is 0 Å². The highest BCUT2D eigenvalue weighted by atomic mass is 31.0. The number of H-pyrrole nitrogens is 2. The quantitative estimate of drug-likeness (QED) is 0.227. The number of aryl methyl sites for hydroxylation is 4. The lowest BCUT2D eigenvalue weighted by Gasteiger charge is -2.08. The highest BCUT2D eigenvalue weighted by Crippen LogP contribution is 2.33. The molecule has 39 heavy (non-hydrogen) atoms. The second-order valence-corrected chi connectivity index (χ2v) is 10.9. The van der Waals surface area contributed by atoms with Gasteiger partial charge in [-0.05, 0) is 87.3 Å². The van der Waals surface area contributed by atoms with Crippen molar-refractivity contribution >= 4 is 19.0 Å². The van der Waals surface area contributed by atoms with Crippen LogP contribution in [0.3, 0.4) is 0 Å². The lowest BCUT2D eigenvalue weighted by atomic mass is 9.96. The first-order valence-corrected chi connectivity index (χ1v) is 14.8. The molecule has 0 spiro atoms. The molecule has 0 fully saturated rings. The van der Waals surface area contributed by atoms with Gasteiger partial charge in [-0.15, -0.1) is 10.2 Å². The number of imidazole rings is 1. The van der Waals surface area contributed by atoms with Gasteiger partial charge in [0.1, 0.15) is 11.1 Å². The van der Waals surface area contributed by atoms with E-state index in [-0.39, 0.29) is 6.10 Å². The van der Waals surface area contributed by atoms with E-state index in [0.29, 0.717) is 12.4 Å². The first-order chi connectivity index (χ1) is 19.0. The standard InChI is InChI=1S/C16H14N4.C13H19N2OP.C2H6/c1-2-7-15(16-17-19-20-18-16)14(6-1)13-9-8-11-4-3-5-12(11)10-13;1-5-11-14-12-9(4)6-10(7-16-8(2)3)17-13(12)15-11;1-2/h1-2,6-10H,3-5H2,(H,17,18,19,20);6,8H,5,7H2,1-4H3,(H,14,15);1-2H3. The Bertz CT molecular complexity index is 1490. The number of tetrazole rings is 1. The number of hydrogen-bond donors (Lipinski definition) is 2. The molecule has 7 nitrogen and oxygen atoms in total. The Hall–Kier alpha value is -3.41. The van der Waals surface area contributed by atoms with Gasteiger partial charge in [-0.25, -0.2) is 4.98 Å². The molecule has 204 valence electrons. The Kier molecular flexibility index (Phi) is 9.96. The van der Waals surface area contributed by atoms with E-state index in [1.165, 1.54) is 60.5 Å². The maximum atomic E-state index is 5.65. The molecule has 8 heteroatoms. The average Bonchev–Trinajstić information content (AvgIpc) is 3.74. The number of aromatic amines is 2. The number of benzene rings is 2. The summed E-state index contributed by atoms with van der Waals surface area (Å²) in [5.74, 6) is 1.71. The summed E-state index contributed by atoms with van der Waals surface area (Å²) in [5, 5.41) is 16.8. The molecular formula is C31H39N6OP. The molecule has 2 aromatic carbocycles. The Morgan fingerprint density at radius 2 is 1.77 bits per heavy atom. The summed E-state index contributed by atoms with van der Waals surface area (Å²) in [4.78, 5) is 7.99. The van der Waals surface area contributed by atoms with Crippen LogP contribution in [0.1, 0.15) is 68.8 Å². The maximum absolute atomic E-state index is 5.65. The van der Waals surface area contributed by atoms with Crippen LogP contribution in [0.15, 0.2) is 48.5 Å². The van der Waals surface area contributed by atoms with E-state index in [4.69, 9.17) is 4.74 Å². The summed E-state index contributed by atoms with van der Waals surface area (Å²) in [6.07, 6.45) is 4.90. The largest absolute Gasteiger partial charge is 0.374 e. The zero-order valence-corrected chi connectivity index (χ0v) is 24.8. The van der Waals surface area contributed by atoms with Gasteiger partial charge >= 0.3 is 0 Å². The fraction of sp³-hybridized carbons (Fsp3) is 0.387. The van der Waals surface area contributed by atoms with Crippen LogP contribution in [-0.4, -0.2) is 36.7 Å². The van der Waals surface area contributed by atoms with Crippen molar-refractivity contribution in [2.24, 2.45) is 0 Å². The van der Waals surface area contributed by atoms with Gasteiger partial charge in [-0.2, -0.15) is 5.21 Å². The molecule has 5 aromatic rings. The highest BCUT2D eigenvalue weighted by molar-refractivity contribution is 7.37. The Morgan fingerprint density at radius 3 is 2.49 bits per heavy atom. The van der Waals surface area contributed by atoms with Crippen LogP contribution in [0.25, 0.3) is 33.3 Å². The van der Waals surface area contributed by atoms with Gasteiger partial charge < -0.3 is 9.72 Å². The van der Waals surface area contributed by atoms with E-state index < -0.39 is 0 Å². The van der Waals surface area contributed by atoms with Gasteiger partial charge in [0.05, 0.1) is 18.2 Å². The first kappa shape index (κ1) is 28.6. The SMILES string of the molecule is CC.CCc1nc2pc(COC(C)C)cc(C)c2[nH]1.c1ccc(-c2nn[nH]n2)c(-c2ccc3c(c2)CCC3)c1. The van der Waals surface area contributed by atoms with E-state index in [1.807, 2.05) is 32.0 Å². The molecule has 0 amide bonds. The molecule has 1 aliphatic carbocycles. The van der Waals surface area contributed by atoms with E-state index >= 15 is 0 Å². The van der Waals surface area contributed by atoms with Crippen LogP contribution in [0, 0.1) is 6.92 Å². The predicted molar refractivity (Wildman–Crippen MR) is 161 cm³/mol. The summed E-state index contributed by atoms with van der Waals surface area (Å²) in [6, 6.07) is 17.2.